The molecule has 2 saturated carbocycles. The van der Waals surface area contributed by atoms with E-state index in [0.29, 0.717) is 11.8 Å². The van der Waals surface area contributed by atoms with Gasteiger partial charge in [-0.3, -0.25) is 4.79 Å². The van der Waals surface area contributed by atoms with Gasteiger partial charge in [0.15, 0.2) is 0 Å². The SMILES string of the molecule is CC1Cc2cc(N)ccc2N1C(=O)C1CC2CCC1C2. The Morgan fingerprint density at radius 1 is 1.30 bits per heavy atom. The molecule has 1 aromatic rings. The van der Waals surface area contributed by atoms with Gasteiger partial charge in [-0.1, -0.05) is 6.42 Å². The van der Waals surface area contributed by atoms with E-state index in [1.807, 2.05) is 18.2 Å². The van der Waals surface area contributed by atoms with Gasteiger partial charge in [0.25, 0.3) is 0 Å². The van der Waals surface area contributed by atoms with Gasteiger partial charge in [-0.05, 0) is 68.2 Å². The van der Waals surface area contributed by atoms with Crippen molar-refractivity contribution in [3.05, 3.63) is 23.8 Å². The number of nitrogen functional groups attached to an aromatic ring is 1. The second kappa shape index (κ2) is 4.24. The average molecular weight is 270 g/mol. The first kappa shape index (κ1) is 12.2. The maximum atomic E-state index is 13.0. The Morgan fingerprint density at radius 3 is 2.85 bits per heavy atom. The van der Waals surface area contributed by atoms with Gasteiger partial charge >= 0.3 is 0 Å². The Balaban J connectivity index is 1.64. The number of fused-ring (bicyclic) bond motifs is 3. The molecule has 2 bridgehead atoms. The van der Waals surface area contributed by atoms with Crippen LogP contribution in [0.5, 0.6) is 0 Å². The molecule has 3 heteroatoms. The Hall–Kier alpha value is -1.51. The van der Waals surface area contributed by atoms with E-state index in [-0.39, 0.29) is 12.0 Å². The molecule has 0 spiro atoms. The fraction of sp³-hybridized carbons (Fsp3) is 0.588. The highest BCUT2D eigenvalue weighted by Gasteiger charge is 2.46. The van der Waals surface area contributed by atoms with Crippen LogP contribution in [0.2, 0.25) is 0 Å². The topological polar surface area (TPSA) is 46.3 Å². The van der Waals surface area contributed by atoms with E-state index < -0.39 is 0 Å². The summed E-state index contributed by atoms with van der Waals surface area (Å²) >= 11 is 0. The van der Waals surface area contributed by atoms with Crippen LogP contribution in [0.1, 0.15) is 38.2 Å². The first-order valence-electron chi connectivity index (χ1n) is 7.85. The molecular formula is C17H22N2O. The van der Waals surface area contributed by atoms with Gasteiger partial charge < -0.3 is 10.6 Å². The van der Waals surface area contributed by atoms with Crippen molar-refractivity contribution in [3.8, 4) is 0 Å². The van der Waals surface area contributed by atoms with Crippen molar-refractivity contribution in [2.45, 2.75) is 45.1 Å². The Kier molecular flexibility index (Phi) is 2.60. The number of carbonyl (C=O) groups excluding carboxylic acids is 1. The first-order chi connectivity index (χ1) is 9.63. The number of hydrogen-bond acceptors (Lipinski definition) is 2. The van der Waals surface area contributed by atoms with E-state index in [9.17, 15) is 4.79 Å². The predicted octanol–water partition coefficient (Wildman–Crippen LogP) is 2.98. The number of nitrogens with zero attached hydrogens (tertiary/aromatic N) is 1. The molecule has 3 aliphatic rings. The van der Waals surface area contributed by atoms with E-state index in [1.54, 1.807) is 0 Å². The molecule has 1 amide bonds. The van der Waals surface area contributed by atoms with Crippen LogP contribution in [-0.2, 0) is 11.2 Å². The number of rotatable bonds is 1. The van der Waals surface area contributed by atoms with E-state index in [2.05, 4.69) is 11.8 Å². The highest BCUT2D eigenvalue weighted by atomic mass is 16.2. The Morgan fingerprint density at radius 2 is 2.15 bits per heavy atom. The van der Waals surface area contributed by atoms with Crippen LogP contribution >= 0.6 is 0 Å². The lowest BCUT2D eigenvalue weighted by Gasteiger charge is -2.29. The molecule has 1 aliphatic heterocycles. The summed E-state index contributed by atoms with van der Waals surface area (Å²) in [5.74, 6) is 2.11. The smallest absolute Gasteiger partial charge is 0.230 e. The lowest BCUT2D eigenvalue weighted by atomic mass is 9.87. The molecule has 4 rings (SSSR count). The minimum Gasteiger partial charge on any atom is -0.399 e. The summed E-state index contributed by atoms with van der Waals surface area (Å²) < 4.78 is 0. The third-order valence-corrected chi connectivity index (χ3v) is 5.61. The summed E-state index contributed by atoms with van der Waals surface area (Å²) in [5.41, 5.74) is 8.99. The highest BCUT2D eigenvalue weighted by Crippen LogP contribution is 2.50. The van der Waals surface area contributed by atoms with Crippen molar-refractivity contribution in [3.63, 3.8) is 0 Å². The second-order valence-electron chi connectivity index (χ2n) is 6.93. The van der Waals surface area contributed by atoms with Crippen LogP contribution < -0.4 is 10.6 Å². The van der Waals surface area contributed by atoms with Crippen LogP contribution in [0.25, 0.3) is 0 Å². The Bertz CT molecular complexity index is 568. The molecule has 2 fully saturated rings. The fourth-order valence-electron chi connectivity index (χ4n) is 4.71. The van der Waals surface area contributed by atoms with Gasteiger partial charge in [0.1, 0.15) is 0 Å². The van der Waals surface area contributed by atoms with Gasteiger partial charge in [-0.15, -0.1) is 0 Å². The number of anilines is 2. The number of carbonyl (C=O) groups is 1. The van der Waals surface area contributed by atoms with Crippen LogP contribution in [0.4, 0.5) is 11.4 Å². The summed E-state index contributed by atoms with van der Waals surface area (Å²) in [6.07, 6.45) is 5.95. The maximum absolute atomic E-state index is 13.0. The van der Waals surface area contributed by atoms with Gasteiger partial charge in [0, 0.05) is 23.3 Å². The molecule has 0 saturated heterocycles. The summed E-state index contributed by atoms with van der Waals surface area (Å²) in [4.78, 5) is 15.0. The van der Waals surface area contributed by atoms with Crippen LogP contribution in [0.15, 0.2) is 18.2 Å². The molecule has 4 atom stereocenters. The molecule has 2 N–H and O–H groups in total. The van der Waals surface area contributed by atoms with Crippen molar-refractivity contribution in [2.75, 3.05) is 10.6 Å². The summed E-state index contributed by atoms with van der Waals surface area (Å²) in [5, 5.41) is 0. The van der Waals surface area contributed by atoms with E-state index >= 15 is 0 Å². The molecule has 1 aromatic carbocycles. The monoisotopic (exact) mass is 270 g/mol. The number of amides is 1. The molecular weight excluding hydrogens is 248 g/mol. The number of nitrogens with two attached hydrogens (primary N) is 1. The van der Waals surface area contributed by atoms with Crippen molar-refractivity contribution >= 4 is 17.3 Å². The van der Waals surface area contributed by atoms with Crippen molar-refractivity contribution in [1.29, 1.82) is 0 Å². The normalized spacial score (nSPS) is 34.5. The predicted molar refractivity (Wildman–Crippen MR) is 80.4 cm³/mol. The van der Waals surface area contributed by atoms with Gasteiger partial charge in [0.05, 0.1) is 0 Å². The maximum Gasteiger partial charge on any atom is 0.230 e. The van der Waals surface area contributed by atoms with E-state index in [0.717, 1.165) is 30.1 Å². The minimum absolute atomic E-state index is 0.276. The lowest BCUT2D eigenvalue weighted by Crippen LogP contribution is -2.41. The van der Waals surface area contributed by atoms with Crippen molar-refractivity contribution in [1.82, 2.24) is 0 Å². The first-order valence-corrected chi connectivity index (χ1v) is 7.85. The number of benzene rings is 1. The van der Waals surface area contributed by atoms with Crippen LogP contribution in [0.3, 0.4) is 0 Å². The van der Waals surface area contributed by atoms with Crippen molar-refractivity contribution in [2.24, 2.45) is 17.8 Å². The van der Waals surface area contributed by atoms with Gasteiger partial charge in [0.2, 0.25) is 5.91 Å². The zero-order valence-electron chi connectivity index (χ0n) is 12.0. The molecule has 1 heterocycles. The summed E-state index contributed by atoms with van der Waals surface area (Å²) in [7, 11) is 0. The second-order valence-corrected chi connectivity index (χ2v) is 6.93. The molecule has 0 aromatic heterocycles. The zero-order valence-corrected chi connectivity index (χ0v) is 12.0. The van der Waals surface area contributed by atoms with E-state index in [4.69, 9.17) is 5.73 Å². The fourth-order valence-corrected chi connectivity index (χ4v) is 4.71. The lowest BCUT2D eigenvalue weighted by molar-refractivity contribution is -0.124. The molecule has 106 valence electrons. The van der Waals surface area contributed by atoms with Crippen LogP contribution in [-0.4, -0.2) is 11.9 Å². The minimum atomic E-state index is 0.276. The largest absolute Gasteiger partial charge is 0.399 e. The van der Waals surface area contributed by atoms with Crippen molar-refractivity contribution < 1.29 is 4.79 Å². The van der Waals surface area contributed by atoms with Gasteiger partial charge in [-0.25, -0.2) is 0 Å². The molecule has 4 unspecified atom stereocenters. The summed E-state index contributed by atoms with van der Waals surface area (Å²) in [6, 6.07) is 6.25. The van der Waals surface area contributed by atoms with Crippen LogP contribution in [0, 0.1) is 17.8 Å². The van der Waals surface area contributed by atoms with Gasteiger partial charge in [-0.2, -0.15) is 0 Å². The number of hydrogen-bond donors (Lipinski definition) is 1. The average Bonchev–Trinajstić information content (AvgIpc) is 3.10. The Labute approximate surface area is 120 Å². The molecule has 2 aliphatic carbocycles. The van der Waals surface area contributed by atoms with E-state index in [1.165, 1.54) is 24.8 Å². The highest BCUT2D eigenvalue weighted by molar-refractivity contribution is 5.98. The molecule has 20 heavy (non-hydrogen) atoms. The zero-order chi connectivity index (χ0) is 13.9. The summed E-state index contributed by atoms with van der Waals surface area (Å²) in [6.45, 7) is 2.15. The third-order valence-electron chi connectivity index (χ3n) is 5.61. The molecule has 3 nitrogen and oxygen atoms in total. The molecule has 0 radical (unpaired) electrons. The standard InChI is InChI=1S/C17H22N2O/c1-10-6-13-9-14(18)4-5-16(13)19(10)17(20)15-8-11-2-3-12(15)7-11/h4-5,9-12,15H,2-3,6-8,18H2,1H3. The quantitative estimate of drug-likeness (QED) is 0.797. The third kappa shape index (κ3) is 1.68.